The normalized spacial score (nSPS) is 25.3. The lowest BCUT2D eigenvalue weighted by molar-refractivity contribution is -0.134. The molecule has 1 spiro atoms. The number of rotatable bonds is 5. The third kappa shape index (κ3) is 3.61. The van der Waals surface area contributed by atoms with Gasteiger partial charge in [0.05, 0.1) is 10.9 Å². The van der Waals surface area contributed by atoms with Gasteiger partial charge in [0.2, 0.25) is 10.0 Å². The quantitative estimate of drug-likeness (QED) is 0.702. The fourth-order valence-corrected chi connectivity index (χ4v) is 6.17. The van der Waals surface area contributed by atoms with Crippen LogP contribution in [0.2, 0.25) is 0 Å². The van der Waals surface area contributed by atoms with Gasteiger partial charge >= 0.3 is 6.03 Å². The Morgan fingerprint density at radius 2 is 1.80 bits per heavy atom. The Kier molecular flexibility index (Phi) is 5.58. The number of likely N-dealkylation sites (tertiary alicyclic amines) is 1. The first-order valence-electron chi connectivity index (χ1n) is 10.4. The number of carbonyl (C=O) groups excluding carboxylic acids is 2. The number of nitrogens with one attached hydrogen (secondary N) is 1. The number of hydrogen-bond acceptors (Lipinski definition) is 5. The highest BCUT2D eigenvalue weighted by Crippen LogP contribution is 2.33. The summed E-state index contributed by atoms with van der Waals surface area (Å²) < 4.78 is 40.1. The number of amides is 3. The maximum atomic E-state index is 13.2. The van der Waals surface area contributed by atoms with Crippen LogP contribution in [-0.2, 0) is 14.8 Å². The van der Waals surface area contributed by atoms with Gasteiger partial charge in [0, 0.05) is 26.2 Å². The zero-order valence-corrected chi connectivity index (χ0v) is 17.8. The summed E-state index contributed by atoms with van der Waals surface area (Å²) in [6, 6.07) is 3.73. The molecule has 0 aliphatic carbocycles. The lowest BCUT2D eigenvalue weighted by Gasteiger charge is -2.37. The third-order valence-corrected chi connectivity index (χ3v) is 8.26. The number of hydrogen-bond donors (Lipinski definition) is 1. The molecule has 0 bridgehead atoms. The summed E-state index contributed by atoms with van der Waals surface area (Å²) in [7, 11) is -3.81. The van der Waals surface area contributed by atoms with Crippen LogP contribution in [0, 0.1) is 5.82 Å². The third-order valence-electron chi connectivity index (χ3n) is 6.39. The Morgan fingerprint density at radius 1 is 1.13 bits per heavy atom. The molecule has 8 nitrogen and oxygen atoms in total. The molecule has 0 radical (unpaired) electrons. The van der Waals surface area contributed by atoms with Crippen LogP contribution >= 0.6 is 0 Å². The second-order valence-corrected chi connectivity index (χ2v) is 10.2. The van der Waals surface area contributed by atoms with Gasteiger partial charge in [-0.1, -0.05) is 6.92 Å². The molecule has 1 aromatic carbocycles. The van der Waals surface area contributed by atoms with Gasteiger partial charge in [-0.3, -0.25) is 9.69 Å². The van der Waals surface area contributed by atoms with Crippen molar-refractivity contribution in [3.8, 4) is 0 Å². The second-order valence-electron chi connectivity index (χ2n) is 8.29. The highest BCUT2D eigenvalue weighted by atomic mass is 32.2. The van der Waals surface area contributed by atoms with Crippen LogP contribution in [0.1, 0.15) is 32.6 Å². The van der Waals surface area contributed by atoms with Crippen LogP contribution in [0.5, 0.6) is 0 Å². The van der Waals surface area contributed by atoms with E-state index >= 15 is 0 Å². The summed E-state index contributed by atoms with van der Waals surface area (Å²) in [4.78, 5) is 29.4. The predicted octanol–water partition coefficient (Wildman–Crippen LogP) is 1.39. The van der Waals surface area contributed by atoms with Crippen molar-refractivity contribution in [1.29, 1.82) is 0 Å². The minimum atomic E-state index is -3.81. The Hall–Kier alpha value is -2.04. The van der Waals surface area contributed by atoms with E-state index in [4.69, 9.17) is 0 Å². The highest BCUT2D eigenvalue weighted by molar-refractivity contribution is 7.89. The van der Waals surface area contributed by atoms with E-state index in [-0.39, 0.29) is 23.9 Å². The van der Waals surface area contributed by atoms with E-state index in [9.17, 15) is 22.4 Å². The van der Waals surface area contributed by atoms with E-state index < -0.39 is 33.5 Å². The van der Waals surface area contributed by atoms with Gasteiger partial charge in [-0.2, -0.15) is 4.31 Å². The zero-order valence-electron chi connectivity index (χ0n) is 17.0. The zero-order chi connectivity index (χ0) is 21.5. The lowest BCUT2D eigenvalue weighted by Crippen LogP contribution is -2.55. The van der Waals surface area contributed by atoms with Gasteiger partial charge in [-0.15, -0.1) is 0 Å². The van der Waals surface area contributed by atoms with Gasteiger partial charge < -0.3 is 10.2 Å². The highest BCUT2D eigenvalue weighted by Gasteiger charge is 2.55. The van der Waals surface area contributed by atoms with E-state index in [0.29, 0.717) is 19.3 Å². The average Bonchev–Trinajstić information content (AvgIpc) is 3.28. The predicted molar refractivity (Wildman–Crippen MR) is 108 cm³/mol. The standard InChI is InChI=1S/C20H27FN4O4S/c1-2-10-23-12-8-20(9-13-23)18(26)25(19(27)22-20)16-7-11-24(14-16)30(28,29)17-5-3-15(21)4-6-17/h3-6,16H,2,7-14H2,1H3,(H,22,27)/t16-/m1/s1. The van der Waals surface area contributed by atoms with Crippen LogP contribution in [-0.4, -0.2) is 78.8 Å². The summed E-state index contributed by atoms with van der Waals surface area (Å²) in [5.74, 6) is -0.752. The minimum Gasteiger partial charge on any atom is -0.323 e. The Morgan fingerprint density at radius 3 is 2.43 bits per heavy atom. The van der Waals surface area contributed by atoms with Crippen LogP contribution < -0.4 is 5.32 Å². The number of imide groups is 1. The lowest BCUT2D eigenvalue weighted by atomic mass is 9.87. The van der Waals surface area contributed by atoms with E-state index in [2.05, 4.69) is 17.1 Å². The molecule has 4 rings (SSSR count). The number of urea groups is 1. The molecule has 3 aliphatic heterocycles. The van der Waals surface area contributed by atoms with Crippen molar-refractivity contribution < 1.29 is 22.4 Å². The van der Waals surface area contributed by atoms with E-state index in [1.807, 2.05) is 0 Å². The molecule has 0 unspecified atom stereocenters. The maximum absolute atomic E-state index is 13.2. The first-order valence-corrected chi connectivity index (χ1v) is 11.8. The van der Waals surface area contributed by atoms with Gasteiger partial charge in [0.15, 0.2) is 0 Å². The number of piperidine rings is 1. The molecule has 10 heteroatoms. The molecule has 3 fully saturated rings. The SMILES string of the molecule is CCCN1CCC2(CC1)NC(=O)N([C@@H]1CCN(S(=O)(=O)c3ccc(F)cc3)C1)C2=O. The van der Waals surface area contributed by atoms with Crippen molar-refractivity contribution >= 4 is 22.0 Å². The van der Waals surface area contributed by atoms with Gasteiger partial charge in [0.1, 0.15) is 11.4 Å². The fraction of sp³-hybridized carbons (Fsp3) is 0.600. The van der Waals surface area contributed by atoms with Gasteiger partial charge in [0.25, 0.3) is 5.91 Å². The van der Waals surface area contributed by atoms with Crippen molar-refractivity contribution in [3.05, 3.63) is 30.1 Å². The molecule has 3 amide bonds. The largest absolute Gasteiger partial charge is 0.325 e. The molecule has 0 saturated carbocycles. The minimum absolute atomic E-state index is 0.00140. The van der Waals surface area contributed by atoms with E-state index in [0.717, 1.165) is 38.2 Å². The number of carbonyl (C=O) groups is 2. The molecular weight excluding hydrogens is 411 g/mol. The second kappa shape index (κ2) is 7.90. The number of sulfonamides is 1. The van der Waals surface area contributed by atoms with Crippen LogP contribution in [0.15, 0.2) is 29.2 Å². The molecular formula is C20H27FN4O4S. The number of benzene rings is 1. The summed E-state index contributed by atoms with van der Waals surface area (Å²) >= 11 is 0. The summed E-state index contributed by atoms with van der Waals surface area (Å²) in [5.41, 5.74) is -0.870. The Bertz CT molecular complexity index is 929. The Labute approximate surface area is 176 Å². The number of halogens is 1. The van der Waals surface area contributed by atoms with Crippen molar-refractivity contribution in [3.63, 3.8) is 0 Å². The smallest absolute Gasteiger partial charge is 0.323 e. The van der Waals surface area contributed by atoms with Crippen molar-refractivity contribution in [2.45, 2.75) is 49.1 Å². The average molecular weight is 439 g/mol. The summed E-state index contributed by atoms with van der Waals surface area (Å²) in [6.07, 6.45) is 2.56. The van der Waals surface area contributed by atoms with Crippen LogP contribution in [0.4, 0.5) is 9.18 Å². The molecule has 3 heterocycles. The molecule has 30 heavy (non-hydrogen) atoms. The van der Waals surface area contributed by atoms with E-state index in [1.165, 1.54) is 21.3 Å². The molecule has 1 atom stereocenters. The summed E-state index contributed by atoms with van der Waals surface area (Å²) in [6.45, 7) is 4.85. The topological polar surface area (TPSA) is 90.0 Å². The first-order chi connectivity index (χ1) is 14.3. The molecule has 164 valence electrons. The van der Waals surface area contributed by atoms with Gasteiger partial charge in [-0.25, -0.2) is 17.6 Å². The molecule has 3 saturated heterocycles. The Balaban J connectivity index is 1.46. The van der Waals surface area contributed by atoms with Gasteiger partial charge in [-0.05, 0) is 56.5 Å². The number of nitrogens with zero attached hydrogens (tertiary/aromatic N) is 3. The van der Waals surface area contributed by atoms with Crippen molar-refractivity contribution in [1.82, 2.24) is 19.4 Å². The van der Waals surface area contributed by atoms with E-state index in [1.54, 1.807) is 0 Å². The summed E-state index contributed by atoms with van der Waals surface area (Å²) in [5, 5.41) is 2.90. The van der Waals surface area contributed by atoms with Crippen molar-refractivity contribution in [2.75, 3.05) is 32.7 Å². The van der Waals surface area contributed by atoms with Crippen LogP contribution in [0.25, 0.3) is 0 Å². The first kappa shape index (κ1) is 21.2. The maximum Gasteiger partial charge on any atom is 0.325 e. The van der Waals surface area contributed by atoms with Crippen LogP contribution in [0.3, 0.4) is 0 Å². The van der Waals surface area contributed by atoms with Crippen molar-refractivity contribution in [2.24, 2.45) is 0 Å². The molecule has 1 aromatic rings. The monoisotopic (exact) mass is 438 g/mol. The fourth-order valence-electron chi connectivity index (χ4n) is 4.68. The molecule has 0 aromatic heterocycles. The molecule has 1 N–H and O–H groups in total. The molecule has 3 aliphatic rings.